The highest BCUT2D eigenvalue weighted by molar-refractivity contribution is 6.31. The number of carbonyl (C=O) groups excluding carboxylic acids is 1. The van der Waals surface area contributed by atoms with Gasteiger partial charge in [0.15, 0.2) is 0 Å². The Morgan fingerprint density at radius 2 is 2.00 bits per heavy atom. The summed E-state index contributed by atoms with van der Waals surface area (Å²) in [5.41, 5.74) is 0.0225. The number of carbonyl (C=O) groups is 2. The van der Waals surface area contributed by atoms with Crippen LogP contribution < -0.4 is 5.32 Å². The van der Waals surface area contributed by atoms with Crippen LogP contribution in [0.15, 0.2) is 18.2 Å². The van der Waals surface area contributed by atoms with Gasteiger partial charge in [0.2, 0.25) is 5.91 Å². The lowest BCUT2D eigenvalue weighted by atomic mass is 10.0. The predicted molar refractivity (Wildman–Crippen MR) is 73.1 cm³/mol. The molecule has 2 N–H and O–H groups in total. The van der Waals surface area contributed by atoms with Gasteiger partial charge in [-0.25, -0.2) is 4.39 Å². The highest BCUT2D eigenvalue weighted by Gasteiger charge is 2.29. The Morgan fingerprint density at radius 1 is 1.40 bits per heavy atom. The van der Waals surface area contributed by atoms with E-state index in [0.717, 1.165) is 0 Å². The van der Waals surface area contributed by atoms with Gasteiger partial charge in [-0.1, -0.05) is 17.7 Å². The van der Waals surface area contributed by atoms with Gasteiger partial charge in [0, 0.05) is 10.6 Å². The van der Waals surface area contributed by atoms with Crippen LogP contribution in [-0.4, -0.2) is 42.0 Å². The molecule has 0 fully saturated rings. The van der Waals surface area contributed by atoms with E-state index in [2.05, 4.69) is 5.32 Å². The van der Waals surface area contributed by atoms with Crippen LogP contribution in [0.1, 0.15) is 18.5 Å². The monoisotopic (exact) mass is 302 g/mol. The number of aliphatic carboxylic acids is 1. The number of amides is 1. The zero-order valence-corrected chi connectivity index (χ0v) is 12.1. The van der Waals surface area contributed by atoms with E-state index < -0.39 is 29.8 Å². The minimum Gasteiger partial charge on any atom is -0.480 e. The molecule has 0 saturated heterocycles. The van der Waals surface area contributed by atoms with Crippen LogP contribution in [0.3, 0.4) is 0 Å². The fourth-order valence-electron chi connectivity index (χ4n) is 1.75. The van der Waals surface area contributed by atoms with E-state index in [1.807, 2.05) is 0 Å². The Bertz CT molecular complexity index is 502. The van der Waals surface area contributed by atoms with Gasteiger partial charge in [-0.3, -0.25) is 14.5 Å². The molecule has 0 aliphatic heterocycles. The number of hydrogen-bond acceptors (Lipinski definition) is 3. The Hall–Kier alpha value is -1.66. The van der Waals surface area contributed by atoms with Crippen molar-refractivity contribution < 1.29 is 19.1 Å². The van der Waals surface area contributed by atoms with Crippen molar-refractivity contribution in [3.05, 3.63) is 34.6 Å². The normalized spacial score (nSPS) is 13.9. The van der Waals surface area contributed by atoms with Crippen molar-refractivity contribution in [1.29, 1.82) is 0 Å². The summed E-state index contributed by atoms with van der Waals surface area (Å²) in [6.07, 6.45) is 0. The zero-order valence-electron chi connectivity index (χ0n) is 11.4. The fourth-order valence-corrected chi connectivity index (χ4v) is 2.02. The summed E-state index contributed by atoms with van der Waals surface area (Å²) in [4.78, 5) is 24.4. The SMILES string of the molecule is C[C@H](NC(=O)C(c1c(F)cccc1Cl)N(C)C)C(=O)O. The Labute approximate surface area is 121 Å². The second-order valence-electron chi connectivity index (χ2n) is 4.57. The maximum Gasteiger partial charge on any atom is 0.325 e. The van der Waals surface area contributed by atoms with Gasteiger partial charge in [-0.2, -0.15) is 0 Å². The summed E-state index contributed by atoms with van der Waals surface area (Å²) < 4.78 is 13.9. The van der Waals surface area contributed by atoms with E-state index in [9.17, 15) is 14.0 Å². The first-order valence-electron chi connectivity index (χ1n) is 5.89. The minimum atomic E-state index is -1.17. The summed E-state index contributed by atoms with van der Waals surface area (Å²) >= 11 is 5.95. The highest BCUT2D eigenvalue weighted by Crippen LogP contribution is 2.29. The Balaban J connectivity index is 3.12. The molecule has 0 aliphatic carbocycles. The molecule has 1 aromatic rings. The predicted octanol–water partition coefficient (Wildman–Crippen LogP) is 1.67. The molecule has 20 heavy (non-hydrogen) atoms. The molecule has 0 aliphatic rings. The number of carboxylic acids is 1. The smallest absolute Gasteiger partial charge is 0.325 e. The van der Waals surface area contributed by atoms with Gasteiger partial charge < -0.3 is 10.4 Å². The first-order chi connectivity index (χ1) is 9.25. The number of halogens is 2. The maximum atomic E-state index is 13.9. The molecule has 0 saturated carbocycles. The second kappa shape index (κ2) is 6.67. The zero-order chi connectivity index (χ0) is 15.4. The summed E-state index contributed by atoms with van der Waals surface area (Å²) in [6.45, 7) is 1.33. The first kappa shape index (κ1) is 16.4. The fraction of sp³-hybridized carbons (Fsp3) is 0.385. The van der Waals surface area contributed by atoms with Gasteiger partial charge in [0.25, 0.3) is 0 Å². The molecule has 2 atom stereocenters. The molecule has 1 amide bonds. The van der Waals surface area contributed by atoms with Crippen molar-refractivity contribution in [1.82, 2.24) is 10.2 Å². The lowest BCUT2D eigenvalue weighted by Gasteiger charge is -2.26. The molecule has 0 aromatic heterocycles. The average Bonchev–Trinajstić information content (AvgIpc) is 2.32. The summed E-state index contributed by atoms with van der Waals surface area (Å²) in [5, 5.41) is 11.2. The van der Waals surface area contributed by atoms with Crippen molar-refractivity contribution in [3.8, 4) is 0 Å². The number of likely N-dealkylation sites (N-methyl/N-ethyl adjacent to an activating group) is 1. The molecular weight excluding hydrogens is 287 g/mol. The van der Waals surface area contributed by atoms with Crippen molar-refractivity contribution in [2.45, 2.75) is 19.0 Å². The molecule has 0 radical (unpaired) electrons. The number of carboxylic acid groups (broad SMARTS) is 1. The molecule has 0 heterocycles. The second-order valence-corrected chi connectivity index (χ2v) is 4.98. The van der Waals surface area contributed by atoms with Crippen LogP contribution >= 0.6 is 11.6 Å². The third kappa shape index (κ3) is 3.68. The number of nitrogens with one attached hydrogen (secondary N) is 1. The molecule has 5 nitrogen and oxygen atoms in total. The van der Waals surface area contributed by atoms with Gasteiger partial charge in [0.05, 0.1) is 0 Å². The number of nitrogens with zero attached hydrogens (tertiary/aromatic N) is 1. The van der Waals surface area contributed by atoms with Gasteiger partial charge >= 0.3 is 5.97 Å². The topological polar surface area (TPSA) is 69.6 Å². The van der Waals surface area contributed by atoms with Crippen molar-refractivity contribution in [2.75, 3.05) is 14.1 Å². The van der Waals surface area contributed by atoms with E-state index in [4.69, 9.17) is 16.7 Å². The molecule has 0 spiro atoms. The first-order valence-corrected chi connectivity index (χ1v) is 6.27. The number of benzene rings is 1. The Kier molecular flexibility index (Phi) is 5.47. The number of rotatable bonds is 5. The standard InChI is InChI=1S/C13H16ClFN2O3/c1-7(13(19)20)16-12(18)11(17(2)3)10-8(14)5-4-6-9(10)15/h4-7,11H,1-3H3,(H,16,18)(H,19,20)/t7-,11?/m0/s1. The number of hydrogen-bond donors (Lipinski definition) is 2. The van der Waals surface area contributed by atoms with Crippen LogP contribution in [0.5, 0.6) is 0 Å². The molecule has 1 aromatic carbocycles. The summed E-state index contributed by atoms with van der Waals surface area (Å²) in [7, 11) is 3.16. The van der Waals surface area contributed by atoms with E-state index in [1.165, 1.54) is 30.0 Å². The van der Waals surface area contributed by atoms with E-state index in [-0.39, 0.29) is 10.6 Å². The van der Waals surface area contributed by atoms with Gasteiger partial charge in [0.1, 0.15) is 17.9 Å². The van der Waals surface area contributed by atoms with Crippen LogP contribution in [0.25, 0.3) is 0 Å². The van der Waals surface area contributed by atoms with Crippen molar-refractivity contribution in [2.24, 2.45) is 0 Å². The molecule has 7 heteroatoms. The molecule has 1 unspecified atom stereocenters. The van der Waals surface area contributed by atoms with Crippen LogP contribution in [-0.2, 0) is 9.59 Å². The van der Waals surface area contributed by atoms with Gasteiger partial charge in [-0.05, 0) is 33.2 Å². The lowest BCUT2D eigenvalue weighted by molar-refractivity contribution is -0.142. The quantitative estimate of drug-likeness (QED) is 0.868. The van der Waals surface area contributed by atoms with Crippen molar-refractivity contribution >= 4 is 23.5 Å². The maximum absolute atomic E-state index is 13.9. The minimum absolute atomic E-state index is 0.0225. The van der Waals surface area contributed by atoms with Crippen molar-refractivity contribution in [3.63, 3.8) is 0 Å². The summed E-state index contributed by atoms with van der Waals surface area (Å²) in [5.74, 6) is -2.42. The molecule has 1 rings (SSSR count). The Morgan fingerprint density at radius 3 is 2.45 bits per heavy atom. The van der Waals surface area contributed by atoms with Crippen LogP contribution in [0.4, 0.5) is 4.39 Å². The van der Waals surface area contributed by atoms with E-state index >= 15 is 0 Å². The third-order valence-electron chi connectivity index (χ3n) is 2.77. The van der Waals surface area contributed by atoms with E-state index in [1.54, 1.807) is 14.1 Å². The average molecular weight is 303 g/mol. The van der Waals surface area contributed by atoms with Gasteiger partial charge in [-0.15, -0.1) is 0 Å². The molecule has 0 bridgehead atoms. The lowest BCUT2D eigenvalue weighted by Crippen LogP contribution is -2.44. The molecular formula is C13H16ClFN2O3. The van der Waals surface area contributed by atoms with E-state index in [0.29, 0.717) is 0 Å². The summed E-state index contributed by atoms with van der Waals surface area (Å²) in [6, 6.07) is 2.03. The third-order valence-corrected chi connectivity index (χ3v) is 3.10. The van der Waals surface area contributed by atoms with Crippen LogP contribution in [0, 0.1) is 5.82 Å². The van der Waals surface area contributed by atoms with Crippen LogP contribution in [0.2, 0.25) is 5.02 Å². The highest BCUT2D eigenvalue weighted by atomic mass is 35.5. The largest absolute Gasteiger partial charge is 0.480 e. The molecule has 110 valence electrons.